The molecule has 0 spiro atoms. The molecule has 2 aromatic rings. The molecule has 0 saturated heterocycles. The van der Waals surface area contributed by atoms with Crippen LogP contribution in [-0.2, 0) is 0 Å². The lowest BCUT2D eigenvalue weighted by molar-refractivity contribution is 0.341. The molecule has 1 aliphatic rings. The van der Waals surface area contributed by atoms with Gasteiger partial charge in [0.2, 0.25) is 0 Å². The second kappa shape index (κ2) is 4.41. The number of pyridine rings is 1. The number of imidazole rings is 1. The van der Waals surface area contributed by atoms with Crippen molar-refractivity contribution in [2.45, 2.75) is 38.5 Å². The lowest BCUT2D eigenvalue weighted by Gasteiger charge is -2.24. The lowest BCUT2D eigenvalue weighted by Crippen LogP contribution is -2.11. The fourth-order valence-corrected chi connectivity index (χ4v) is 2.92. The summed E-state index contributed by atoms with van der Waals surface area (Å²) in [5, 5.41) is 0. The highest BCUT2D eigenvalue weighted by atomic mass is 79.9. The van der Waals surface area contributed by atoms with Crippen molar-refractivity contribution in [3.8, 4) is 0 Å². The monoisotopic (exact) mass is 293 g/mol. The van der Waals surface area contributed by atoms with Gasteiger partial charge in [0, 0.05) is 5.92 Å². The summed E-state index contributed by atoms with van der Waals surface area (Å²) in [6.45, 7) is 2.34. The first-order chi connectivity index (χ1) is 8.22. The number of aromatic nitrogens is 3. The van der Waals surface area contributed by atoms with Crippen LogP contribution in [0.15, 0.2) is 16.7 Å². The predicted octanol–water partition coefficient (Wildman–Crippen LogP) is 4.01. The highest BCUT2D eigenvalue weighted by molar-refractivity contribution is 9.10. The minimum absolute atomic E-state index is 0.596. The van der Waals surface area contributed by atoms with Crippen molar-refractivity contribution < 1.29 is 0 Å². The van der Waals surface area contributed by atoms with Crippen LogP contribution in [0, 0.1) is 5.92 Å². The summed E-state index contributed by atoms with van der Waals surface area (Å²) in [5.74, 6) is 2.60. The van der Waals surface area contributed by atoms with Gasteiger partial charge in [0.05, 0.1) is 5.52 Å². The van der Waals surface area contributed by atoms with Crippen molar-refractivity contribution in [3.63, 3.8) is 0 Å². The van der Waals surface area contributed by atoms with Crippen molar-refractivity contribution in [1.29, 1.82) is 0 Å². The van der Waals surface area contributed by atoms with Crippen LogP contribution in [0.1, 0.15) is 44.3 Å². The van der Waals surface area contributed by atoms with Gasteiger partial charge in [-0.15, -0.1) is 0 Å². The maximum atomic E-state index is 4.63. The maximum Gasteiger partial charge on any atom is 0.178 e. The number of halogens is 1. The molecule has 0 atom stereocenters. The third-order valence-electron chi connectivity index (χ3n) is 3.73. The zero-order valence-electron chi connectivity index (χ0n) is 9.91. The number of nitrogens with zero attached hydrogens (tertiary/aromatic N) is 2. The number of nitrogens with one attached hydrogen (secondary N) is 1. The van der Waals surface area contributed by atoms with Gasteiger partial charge in [0.15, 0.2) is 5.65 Å². The Hall–Kier alpha value is -0.900. The molecule has 1 fully saturated rings. The third-order valence-corrected chi connectivity index (χ3v) is 4.17. The zero-order valence-corrected chi connectivity index (χ0v) is 11.5. The van der Waals surface area contributed by atoms with Crippen LogP contribution in [-0.4, -0.2) is 15.0 Å². The molecule has 3 rings (SSSR count). The number of hydrogen-bond donors (Lipinski definition) is 1. The normalized spacial score (nSPS) is 25.3. The molecule has 1 N–H and O–H groups in total. The molecule has 2 heterocycles. The first kappa shape index (κ1) is 11.2. The van der Waals surface area contributed by atoms with Crippen molar-refractivity contribution in [2.75, 3.05) is 0 Å². The molecule has 2 aromatic heterocycles. The van der Waals surface area contributed by atoms with Crippen molar-refractivity contribution in [2.24, 2.45) is 5.92 Å². The number of aromatic amines is 1. The molecular formula is C13H16BrN3. The summed E-state index contributed by atoms with van der Waals surface area (Å²) in [5.41, 5.74) is 1.87. The number of rotatable bonds is 1. The zero-order chi connectivity index (χ0) is 11.8. The summed E-state index contributed by atoms with van der Waals surface area (Å²) in [6, 6.07) is 3.99. The molecule has 0 radical (unpaired) electrons. The van der Waals surface area contributed by atoms with E-state index in [-0.39, 0.29) is 0 Å². The Morgan fingerprint density at radius 1 is 1.18 bits per heavy atom. The molecule has 90 valence electrons. The summed E-state index contributed by atoms with van der Waals surface area (Å²) in [6.07, 6.45) is 5.14. The average Bonchev–Trinajstić information content (AvgIpc) is 2.72. The largest absolute Gasteiger partial charge is 0.340 e. The number of H-pyrrole nitrogens is 1. The van der Waals surface area contributed by atoms with Gasteiger partial charge in [-0.3, -0.25) is 0 Å². The summed E-state index contributed by atoms with van der Waals surface area (Å²) in [4.78, 5) is 12.4. The van der Waals surface area contributed by atoms with Crippen molar-refractivity contribution >= 4 is 27.1 Å². The van der Waals surface area contributed by atoms with E-state index in [9.17, 15) is 0 Å². The molecule has 0 unspecified atom stereocenters. The lowest BCUT2D eigenvalue weighted by atomic mass is 9.83. The molecule has 0 bridgehead atoms. The molecular weight excluding hydrogens is 278 g/mol. The molecule has 0 amide bonds. The van der Waals surface area contributed by atoms with Gasteiger partial charge in [-0.25, -0.2) is 9.97 Å². The Morgan fingerprint density at radius 3 is 2.71 bits per heavy atom. The second-order valence-electron chi connectivity index (χ2n) is 5.08. The minimum atomic E-state index is 0.596. The average molecular weight is 294 g/mol. The van der Waals surface area contributed by atoms with E-state index in [4.69, 9.17) is 0 Å². The predicted molar refractivity (Wildman–Crippen MR) is 72.0 cm³/mol. The fraction of sp³-hybridized carbons (Fsp3) is 0.538. The second-order valence-corrected chi connectivity index (χ2v) is 5.90. The van der Waals surface area contributed by atoms with Crippen LogP contribution in [0.25, 0.3) is 11.2 Å². The molecule has 0 aliphatic heterocycles. The smallest absolute Gasteiger partial charge is 0.178 e. The Bertz CT molecular complexity index is 526. The summed E-state index contributed by atoms with van der Waals surface area (Å²) < 4.78 is 0.848. The van der Waals surface area contributed by atoms with Gasteiger partial charge in [-0.05, 0) is 46.8 Å². The first-order valence-corrected chi connectivity index (χ1v) is 7.04. The van der Waals surface area contributed by atoms with E-state index in [1.54, 1.807) is 0 Å². The third kappa shape index (κ3) is 2.23. The van der Waals surface area contributed by atoms with E-state index in [0.29, 0.717) is 5.92 Å². The number of fused-ring (bicyclic) bond motifs is 1. The van der Waals surface area contributed by atoms with Crippen LogP contribution in [0.4, 0.5) is 0 Å². The Morgan fingerprint density at radius 2 is 1.94 bits per heavy atom. The molecule has 0 aromatic carbocycles. The van der Waals surface area contributed by atoms with Crippen LogP contribution in [0.3, 0.4) is 0 Å². The number of hydrogen-bond acceptors (Lipinski definition) is 2. The van der Waals surface area contributed by atoms with Gasteiger partial charge in [0.25, 0.3) is 0 Å². The van der Waals surface area contributed by atoms with Crippen molar-refractivity contribution in [3.05, 3.63) is 22.6 Å². The highest BCUT2D eigenvalue weighted by Crippen LogP contribution is 2.34. The molecule has 4 heteroatoms. The van der Waals surface area contributed by atoms with Gasteiger partial charge < -0.3 is 4.98 Å². The summed E-state index contributed by atoms with van der Waals surface area (Å²) >= 11 is 3.38. The Kier molecular flexibility index (Phi) is 2.90. The van der Waals surface area contributed by atoms with Crippen LogP contribution in [0.5, 0.6) is 0 Å². The van der Waals surface area contributed by atoms with Crippen molar-refractivity contribution in [1.82, 2.24) is 15.0 Å². The van der Waals surface area contributed by atoms with Gasteiger partial charge in [-0.2, -0.15) is 0 Å². The van der Waals surface area contributed by atoms with E-state index in [1.807, 2.05) is 12.1 Å². The molecule has 17 heavy (non-hydrogen) atoms. The standard InChI is InChI=1S/C13H16BrN3/c1-8-2-4-9(5-3-8)12-15-10-6-7-11(14)16-13(10)17-12/h6-9H,2-5H2,1H3,(H,15,16,17). The van der Waals surface area contributed by atoms with Crippen LogP contribution < -0.4 is 0 Å². The van der Waals surface area contributed by atoms with Gasteiger partial charge >= 0.3 is 0 Å². The van der Waals surface area contributed by atoms with E-state index in [1.165, 1.54) is 25.7 Å². The van der Waals surface area contributed by atoms with E-state index >= 15 is 0 Å². The summed E-state index contributed by atoms with van der Waals surface area (Å²) in [7, 11) is 0. The molecule has 1 saturated carbocycles. The maximum absolute atomic E-state index is 4.63. The minimum Gasteiger partial charge on any atom is -0.340 e. The topological polar surface area (TPSA) is 41.6 Å². The van der Waals surface area contributed by atoms with E-state index in [2.05, 4.69) is 37.8 Å². The quantitative estimate of drug-likeness (QED) is 0.807. The fourth-order valence-electron chi connectivity index (χ4n) is 2.61. The Balaban J connectivity index is 1.90. The SMILES string of the molecule is CC1CCC(c2nc3nc(Br)ccc3[nH]2)CC1. The first-order valence-electron chi connectivity index (χ1n) is 6.24. The van der Waals surface area contributed by atoms with Gasteiger partial charge in [0.1, 0.15) is 10.4 Å². The highest BCUT2D eigenvalue weighted by Gasteiger charge is 2.22. The van der Waals surface area contributed by atoms with Gasteiger partial charge in [-0.1, -0.05) is 19.8 Å². The van der Waals surface area contributed by atoms with Crippen LogP contribution >= 0.6 is 15.9 Å². The molecule has 3 nitrogen and oxygen atoms in total. The van der Waals surface area contributed by atoms with E-state index in [0.717, 1.165) is 27.5 Å². The molecule has 1 aliphatic carbocycles. The van der Waals surface area contributed by atoms with Crippen LogP contribution in [0.2, 0.25) is 0 Å². The van der Waals surface area contributed by atoms with E-state index < -0.39 is 0 Å². The Labute approximate surface area is 109 Å².